The molecule has 0 spiro atoms. The van der Waals surface area contributed by atoms with Crippen LogP contribution in [-0.2, 0) is 0 Å². The summed E-state index contributed by atoms with van der Waals surface area (Å²) in [5.74, 6) is 1.44. The second kappa shape index (κ2) is 5.41. The summed E-state index contributed by atoms with van der Waals surface area (Å²) in [5.41, 5.74) is 4.39. The first-order chi connectivity index (χ1) is 10.1. The number of ether oxygens (including phenoxy) is 2. The van der Waals surface area contributed by atoms with Crippen LogP contribution in [0.1, 0.15) is 40.9 Å². The molecule has 0 fully saturated rings. The van der Waals surface area contributed by atoms with Crippen LogP contribution in [0.25, 0.3) is 0 Å². The molecule has 0 aliphatic carbocycles. The lowest BCUT2D eigenvalue weighted by Gasteiger charge is -2.31. The highest BCUT2D eigenvalue weighted by Gasteiger charge is 2.29. The predicted octanol–water partition coefficient (Wildman–Crippen LogP) is 3.87. The van der Waals surface area contributed by atoms with Crippen molar-refractivity contribution in [2.24, 2.45) is 0 Å². The van der Waals surface area contributed by atoms with Gasteiger partial charge < -0.3 is 14.6 Å². The molecule has 2 aromatic rings. The van der Waals surface area contributed by atoms with Crippen molar-refractivity contribution in [3.63, 3.8) is 0 Å². The van der Waals surface area contributed by atoms with Gasteiger partial charge in [-0.05, 0) is 37.1 Å². The molecule has 0 radical (unpaired) electrons. The minimum absolute atomic E-state index is 0.125. The second-order valence-electron chi connectivity index (χ2n) is 5.62. The van der Waals surface area contributed by atoms with Crippen LogP contribution in [0.4, 0.5) is 0 Å². The van der Waals surface area contributed by atoms with E-state index in [4.69, 9.17) is 9.47 Å². The highest BCUT2D eigenvalue weighted by atomic mass is 16.5. The Hall–Kier alpha value is -2.00. The molecule has 0 saturated heterocycles. The molecule has 1 aliphatic heterocycles. The maximum atomic E-state index is 10.4. The summed E-state index contributed by atoms with van der Waals surface area (Å²) in [6.07, 6.45) is -0.0611. The Balaban J connectivity index is 1.96. The minimum atomic E-state index is -0.509. The Bertz CT molecular complexity index is 664. The van der Waals surface area contributed by atoms with Gasteiger partial charge in [0.1, 0.15) is 17.6 Å². The third-order valence-corrected chi connectivity index (χ3v) is 4.06. The summed E-state index contributed by atoms with van der Waals surface area (Å²) in [7, 11) is 1.63. The van der Waals surface area contributed by atoms with Crippen LogP contribution in [-0.4, -0.2) is 12.2 Å². The van der Waals surface area contributed by atoms with Crippen molar-refractivity contribution < 1.29 is 14.6 Å². The van der Waals surface area contributed by atoms with Gasteiger partial charge in [-0.2, -0.15) is 0 Å². The molecule has 2 atom stereocenters. The molecule has 0 amide bonds. The third-order valence-electron chi connectivity index (χ3n) is 4.06. The molecular formula is C18H20O3. The molecule has 0 saturated carbocycles. The normalized spacial score (nSPS) is 20.6. The fraction of sp³-hybridized carbons (Fsp3) is 0.333. The van der Waals surface area contributed by atoms with Gasteiger partial charge in [0.15, 0.2) is 0 Å². The highest BCUT2D eigenvalue weighted by molar-refractivity contribution is 5.44. The van der Waals surface area contributed by atoms with Gasteiger partial charge in [-0.25, -0.2) is 0 Å². The highest BCUT2D eigenvalue weighted by Crippen LogP contribution is 2.42. The van der Waals surface area contributed by atoms with E-state index in [0.29, 0.717) is 12.2 Å². The predicted molar refractivity (Wildman–Crippen MR) is 81.9 cm³/mol. The standard InChI is InChI=1S/C18H20O3/c1-11-4-6-14(12(2)8-11)18-10-16(19)15-7-5-13(20-3)9-17(15)21-18/h4-9,16,18-19H,10H2,1-3H3/t16-,18?/m1/s1. The molecule has 21 heavy (non-hydrogen) atoms. The topological polar surface area (TPSA) is 38.7 Å². The van der Waals surface area contributed by atoms with Crippen LogP contribution in [0, 0.1) is 13.8 Å². The number of benzene rings is 2. The first-order valence-corrected chi connectivity index (χ1v) is 7.18. The molecule has 0 bridgehead atoms. The van der Waals surface area contributed by atoms with Crippen molar-refractivity contribution in [3.05, 3.63) is 58.7 Å². The van der Waals surface area contributed by atoms with Crippen LogP contribution in [0.15, 0.2) is 36.4 Å². The van der Waals surface area contributed by atoms with Crippen molar-refractivity contribution in [2.75, 3.05) is 7.11 Å². The van der Waals surface area contributed by atoms with Crippen LogP contribution < -0.4 is 9.47 Å². The maximum absolute atomic E-state index is 10.4. The molecule has 1 aliphatic rings. The Morgan fingerprint density at radius 3 is 2.57 bits per heavy atom. The Labute approximate surface area is 125 Å². The quantitative estimate of drug-likeness (QED) is 0.910. The van der Waals surface area contributed by atoms with Crippen molar-refractivity contribution >= 4 is 0 Å². The van der Waals surface area contributed by atoms with E-state index in [1.165, 1.54) is 11.1 Å². The number of rotatable bonds is 2. The molecule has 1 N–H and O–H groups in total. The van der Waals surface area contributed by atoms with Crippen LogP contribution in [0.5, 0.6) is 11.5 Å². The number of hydrogen-bond acceptors (Lipinski definition) is 3. The summed E-state index contributed by atoms with van der Waals surface area (Å²) >= 11 is 0. The molecule has 1 unspecified atom stereocenters. The van der Waals surface area contributed by atoms with E-state index in [1.54, 1.807) is 7.11 Å². The second-order valence-corrected chi connectivity index (χ2v) is 5.62. The van der Waals surface area contributed by atoms with Crippen molar-refractivity contribution in [1.82, 2.24) is 0 Å². The van der Waals surface area contributed by atoms with E-state index >= 15 is 0 Å². The molecule has 2 aromatic carbocycles. The summed E-state index contributed by atoms with van der Waals surface area (Å²) in [5, 5.41) is 10.4. The maximum Gasteiger partial charge on any atom is 0.129 e. The zero-order valence-corrected chi connectivity index (χ0v) is 12.6. The fourth-order valence-electron chi connectivity index (χ4n) is 2.93. The monoisotopic (exact) mass is 284 g/mol. The van der Waals surface area contributed by atoms with Crippen LogP contribution in [0.2, 0.25) is 0 Å². The Morgan fingerprint density at radius 2 is 1.86 bits per heavy atom. The molecule has 3 heteroatoms. The number of aryl methyl sites for hydroxylation is 2. The molecule has 3 nitrogen and oxygen atoms in total. The zero-order valence-electron chi connectivity index (χ0n) is 12.6. The number of aliphatic hydroxyl groups is 1. The molecular weight excluding hydrogens is 264 g/mol. The molecule has 1 heterocycles. The van der Waals surface area contributed by atoms with Gasteiger partial charge in [0.2, 0.25) is 0 Å². The van der Waals surface area contributed by atoms with Crippen molar-refractivity contribution in [3.8, 4) is 11.5 Å². The summed E-state index contributed by atoms with van der Waals surface area (Å²) in [6, 6.07) is 11.9. The van der Waals surface area contributed by atoms with Gasteiger partial charge in [-0.15, -0.1) is 0 Å². The number of hydrogen-bond donors (Lipinski definition) is 1. The van der Waals surface area contributed by atoms with Gasteiger partial charge in [0.05, 0.1) is 13.2 Å². The Kier molecular flexibility index (Phi) is 3.60. The average Bonchev–Trinajstić information content (AvgIpc) is 2.46. The van der Waals surface area contributed by atoms with E-state index in [-0.39, 0.29) is 6.10 Å². The summed E-state index contributed by atoms with van der Waals surface area (Å²) < 4.78 is 11.3. The smallest absolute Gasteiger partial charge is 0.129 e. The zero-order chi connectivity index (χ0) is 15.0. The van der Waals surface area contributed by atoms with Gasteiger partial charge in [-0.3, -0.25) is 0 Å². The average molecular weight is 284 g/mol. The third kappa shape index (κ3) is 2.61. The summed E-state index contributed by atoms with van der Waals surface area (Å²) in [4.78, 5) is 0. The Morgan fingerprint density at radius 1 is 1.10 bits per heavy atom. The van der Waals surface area contributed by atoms with Crippen molar-refractivity contribution in [1.29, 1.82) is 0 Å². The lowest BCUT2D eigenvalue weighted by atomic mass is 9.92. The van der Waals surface area contributed by atoms with Crippen LogP contribution in [0.3, 0.4) is 0 Å². The first-order valence-electron chi connectivity index (χ1n) is 7.18. The van der Waals surface area contributed by atoms with E-state index in [1.807, 2.05) is 18.2 Å². The SMILES string of the molecule is COc1ccc2c(c1)OC(c1ccc(C)cc1C)C[C@H]2O. The van der Waals surface area contributed by atoms with E-state index in [9.17, 15) is 5.11 Å². The van der Waals surface area contributed by atoms with Gasteiger partial charge >= 0.3 is 0 Å². The van der Waals surface area contributed by atoms with E-state index < -0.39 is 6.10 Å². The van der Waals surface area contributed by atoms with E-state index in [2.05, 4.69) is 32.0 Å². The fourth-order valence-corrected chi connectivity index (χ4v) is 2.93. The lowest BCUT2D eigenvalue weighted by Crippen LogP contribution is -2.19. The van der Waals surface area contributed by atoms with Crippen LogP contribution >= 0.6 is 0 Å². The van der Waals surface area contributed by atoms with Gasteiger partial charge in [0, 0.05) is 18.1 Å². The lowest BCUT2D eigenvalue weighted by molar-refractivity contribution is 0.0652. The number of methoxy groups -OCH3 is 1. The molecule has 0 aromatic heterocycles. The minimum Gasteiger partial charge on any atom is -0.497 e. The number of fused-ring (bicyclic) bond motifs is 1. The molecule has 3 rings (SSSR count). The first kappa shape index (κ1) is 14.0. The van der Waals surface area contributed by atoms with E-state index in [0.717, 1.165) is 16.9 Å². The van der Waals surface area contributed by atoms with Crippen molar-refractivity contribution in [2.45, 2.75) is 32.5 Å². The number of aliphatic hydroxyl groups excluding tert-OH is 1. The summed E-state index contributed by atoms with van der Waals surface area (Å²) in [6.45, 7) is 4.16. The molecule has 110 valence electrons. The van der Waals surface area contributed by atoms with Gasteiger partial charge in [0.25, 0.3) is 0 Å². The largest absolute Gasteiger partial charge is 0.497 e. The van der Waals surface area contributed by atoms with Gasteiger partial charge in [-0.1, -0.05) is 23.8 Å².